The third kappa shape index (κ3) is 3.43. The number of aromatic nitrogens is 3. The molecule has 0 N–H and O–H groups in total. The number of rotatable bonds is 2. The lowest BCUT2D eigenvalue weighted by molar-refractivity contribution is -0.142. The predicted octanol–water partition coefficient (Wildman–Crippen LogP) is 7.04. The van der Waals surface area contributed by atoms with Crippen LogP contribution < -0.4 is 0 Å². The number of hydrogen-bond donors (Lipinski definition) is 0. The lowest BCUT2D eigenvalue weighted by Gasteiger charge is -2.12. The molecule has 2 aromatic carbocycles. The summed E-state index contributed by atoms with van der Waals surface area (Å²) < 4.78 is 41.8. The molecule has 0 bridgehead atoms. The Labute approximate surface area is 172 Å². The van der Waals surface area contributed by atoms with Gasteiger partial charge in [-0.2, -0.15) is 18.3 Å². The largest absolute Gasteiger partial charge is 0.433 e. The molecule has 0 fully saturated rings. The summed E-state index contributed by atoms with van der Waals surface area (Å²) in [5, 5.41) is 4.94. The van der Waals surface area contributed by atoms with Crippen molar-refractivity contribution in [1.29, 1.82) is 0 Å². The van der Waals surface area contributed by atoms with Gasteiger partial charge < -0.3 is 0 Å². The van der Waals surface area contributed by atoms with Gasteiger partial charge in [-0.25, -0.2) is 9.50 Å². The van der Waals surface area contributed by atoms with Crippen molar-refractivity contribution in [2.75, 3.05) is 0 Å². The maximum atomic E-state index is 13.7. The number of hydrogen-bond acceptors (Lipinski definition) is 2. The van der Waals surface area contributed by atoms with Gasteiger partial charge in [0.25, 0.3) is 0 Å². The van der Waals surface area contributed by atoms with Crippen LogP contribution in [0.15, 0.2) is 54.7 Å². The second kappa shape index (κ2) is 6.95. The lowest BCUT2D eigenvalue weighted by atomic mass is 10.1. The summed E-state index contributed by atoms with van der Waals surface area (Å²) in [6.45, 7) is 0. The highest BCUT2D eigenvalue weighted by atomic mass is 35.5. The molecule has 0 atom stereocenters. The van der Waals surface area contributed by atoms with E-state index in [1.54, 1.807) is 30.3 Å². The van der Waals surface area contributed by atoms with E-state index < -0.39 is 11.9 Å². The normalized spacial score (nSPS) is 11.9. The molecule has 0 amide bonds. The highest BCUT2D eigenvalue weighted by Gasteiger charge is 2.35. The van der Waals surface area contributed by atoms with E-state index in [-0.39, 0.29) is 16.4 Å². The van der Waals surface area contributed by atoms with Crippen LogP contribution in [0.1, 0.15) is 5.69 Å². The molecule has 0 unspecified atom stereocenters. The molecule has 0 saturated heterocycles. The van der Waals surface area contributed by atoms with E-state index in [4.69, 9.17) is 34.8 Å². The van der Waals surface area contributed by atoms with Crippen molar-refractivity contribution in [3.05, 3.63) is 75.5 Å². The van der Waals surface area contributed by atoms with Gasteiger partial charge in [-0.1, -0.05) is 53.0 Å². The molecule has 0 spiro atoms. The zero-order valence-corrected chi connectivity index (χ0v) is 16.1. The fourth-order valence-corrected chi connectivity index (χ4v) is 3.23. The number of halogens is 6. The fraction of sp³-hybridized carbons (Fsp3) is 0.0526. The first-order chi connectivity index (χ1) is 13.2. The van der Waals surface area contributed by atoms with Crippen molar-refractivity contribution in [2.45, 2.75) is 6.18 Å². The fourth-order valence-electron chi connectivity index (χ4n) is 2.80. The average molecular weight is 443 g/mol. The smallest absolute Gasteiger partial charge is 0.228 e. The molecule has 2 aromatic heterocycles. The van der Waals surface area contributed by atoms with Gasteiger partial charge in [-0.3, -0.25) is 0 Å². The van der Waals surface area contributed by atoms with Gasteiger partial charge in [-0.15, -0.1) is 0 Å². The average Bonchev–Trinajstić information content (AvgIpc) is 3.07. The van der Waals surface area contributed by atoms with Crippen LogP contribution in [-0.4, -0.2) is 14.6 Å². The molecule has 9 heteroatoms. The van der Waals surface area contributed by atoms with E-state index in [1.165, 1.54) is 18.3 Å². The van der Waals surface area contributed by atoms with Crippen molar-refractivity contribution < 1.29 is 13.2 Å². The molecule has 0 aliphatic carbocycles. The Hall–Kier alpha value is -2.28. The molecular weight excluding hydrogens is 434 g/mol. The molecule has 0 saturated carbocycles. The maximum absolute atomic E-state index is 13.7. The lowest BCUT2D eigenvalue weighted by Crippen LogP contribution is -2.13. The molecule has 0 aliphatic rings. The minimum atomic E-state index is -4.63. The topological polar surface area (TPSA) is 30.2 Å². The molecule has 3 nitrogen and oxygen atoms in total. The molecule has 142 valence electrons. The second-order valence-electron chi connectivity index (χ2n) is 5.95. The monoisotopic (exact) mass is 441 g/mol. The SMILES string of the molecule is FC(F)(F)c1cc(-c2ccc(Cl)c(Cl)c2)nc2c(-c3ccc(Cl)cc3)cnn12. The van der Waals surface area contributed by atoms with Gasteiger partial charge in [-0.05, 0) is 35.9 Å². The molecular formula is C19H9Cl3F3N3. The first-order valence-corrected chi connectivity index (χ1v) is 9.05. The Bertz CT molecular complexity index is 1180. The van der Waals surface area contributed by atoms with Crippen molar-refractivity contribution in [2.24, 2.45) is 0 Å². The molecule has 0 radical (unpaired) electrons. The quantitative estimate of drug-likeness (QED) is 0.333. The highest BCUT2D eigenvalue weighted by molar-refractivity contribution is 6.42. The van der Waals surface area contributed by atoms with Gasteiger partial charge >= 0.3 is 6.18 Å². The van der Waals surface area contributed by atoms with Crippen LogP contribution in [0, 0.1) is 0 Å². The number of benzene rings is 2. The van der Waals surface area contributed by atoms with E-state index in [2.05, 4.69) is 10.1 Å². The summed E-state index contributed by atoms with van der Waals surface area (Å²) in [7, 11) is 0. The molecule has 28 heavy (non-hydrogen) atoms. The van der Waals surface area contributed by atoms with E-state index in [0.29, 0.717) is 26.7 Å². The molecule has 4 rings (SSSR count). The van der Waals surface area contributed by atoms with Crippen molar-refractivity contribution in [1.82, 2.24) is 14.6 Å². The van der Waals surface area contributed by atoms with E-state index in [0.717, 1.165) is 10.6 Å². The Morgan fingerprint density at radius 3 is 2.14 bits per heavy atom. The minimum Gasteiger partial charge on any atom is -0.228 e. The zero-order chi connectivity index (χ0) is 20.1. The van der Waals surface area contributed by atoms with Gasteiger partial charge in [0.2, 0.25) is 0 Å². The van der Waals surface area contributed by atoms with E-state index >= 15 is 0 Å². The predicted molar refractivity (Wildman–Crippen MR) is 104 cm³/mol. The van der Waals surface area contributed by atoms with Gasteiger partial charge in [0.05, 0.1) is 21.9 Å². The van der Waals surface area contributed by atoms with Crippen molar-refractivity contribution >= 4 is 40.4 Å². The van der Waals surface area contributed by atoms with E-state index in [9.17, 15) is 13.2 Å². The van der Waals surface area contributed by atoms with Crippen molar-refractivity contribution in [3.8, 4) is 22.4 Å². The summed E-state index contributed by atoms with van der Waals surface area (Å²) in [6, 6.07) is 12.2. The van der Waals surface area contributed by atoms with Crippen LogP contribution in [0.25, 0.3) is 28.0 Å². The van der Waals surface area contributed by atoms with E-state index in [1.807, 2.05) is 0 Å². The van der Waals surface area contributed by atoms with Crippen LogP contribution in [-0.2, 0) is 6.18 Å². The summed E-state index contributed by atoms with van der Waals surface area (Å²) in [6.07, 6.45) is -3.28. The number of alkyl halides is 3. The molecule has 2 heterocycles. The van der Waals surface area contributed by atoms with Crippen LogP contribution in [0.5, 0.6) is 0 Å². The number of nitrogens with zero attached hydrogens (tertiary/aromatic N) is 3. The second-order valence-corrected chi connectivity index (χ2v) is 7.20. The zero-order valence-electron chi connectivity index (χ0n) is 13.8. The maximum Gasteiger partial charge on any atom is 0.433 e. The Balaban J connectivity index is 2.00. The van der Waals surface area contributed by atoms with Gasteiger partial charge in [0.1, 0.15) is 0 Å². The molecule has 0 aliphatic heterocycles. The van der Waals surface area contributed by atoms with Gasteiger partial charge in [0, 0.05) is 16.1 Å². The van der Waals surface area contributed by atoms with Crippen LogP contribution in [0.4, 0.5) is 13.2 Å². The summed E-state index contributed by atoms with van der Waals surface area (Å²) in [5.41, 5.74) is 0.729. The van der Waals surface area contributed by atoms with Gasteiger partial charge in [0.15, 0.2) is 11.3 Å². The Morgan fingerprint density at radius 1 is 0.821 bits per heavy atom. The highest BCUT2D eigenvalue weighted by Crippen LogP contribution is 2.36. The van der Waals surface area contributed by atoms with Crippen LogP contribution >= 0.6 is 34.8 Å². The Kier molecular flexibility index (Phi) is 4.73. The number of fused-ring (bicyclic) bond motifs is 1. The first kappa shape index (κ1) is 19.1. The van der Waals surface area contributed by atoms with Crippen LogP contribution in [0.2, 0.25) is 15.1 Å². The van der Waals surface area contributed by atoms with Crippen molar-refractivity contribution in [3.63, 3.8) is 0 Å². The standard InChI is InChI=1S/C19H9Cl3F3N3/c20-12-4-1-10(2-5-12)13-9-26-28-17(19(23,24)25)8-16(27-18(13)28)11-3-6-14(21)15(22)7-11/h1-9H. The molecule has 4 aromatic rings. The summed E-state index contributed by atoms with van der Waals surface area (Å²) in [4.78, 5) is 4.41. The first-order valence-electron chi connectivity index (χ1n) is 7.91. The minimum absolute atomic E-state index is 0.0678. The van der Waals surface area contributed by atoms with Crippen LogP contribution in [0.3, 0.4) is 0 Å². The summed E-state index contributed by atoms with van der Waals surface area (Å²) in [5.74, 6) is 0. The third-order valence-corrected chi connectivity index (χ3v) is 5.12. The summed E-state index contributed by atoms with van der Waals surface area (Å²) >= 11 is 17.8. The Morgan fingerprint density at radius 2 is 1.50 bits per heavy atom. The third-order valence-electron chi connectivity index (χ3n) is 4.13.